The molecule has 118 valence electrons. The zero-order valence-corrected chi connectivity index (χ0v) is 13.4. The molecule has 0 saturated heterocycles. The van der Waals surface area contributed by atoms with Crippen LogP contribution in [0.1, 0.15) is 12.5 Å². The number of rotatable bonds is 6. The minimum Gasteiger partial charge on any atom is -0.481 e. The van der Waals surface area contributed by atoms with Crippen molar-refractivity contribution in [2.45, 2.75) is 13.0 Å². The zero-order chi connectivity index (χ0) is 16.5. The van der Waals surface area contributed by atoms with Gasteiger partial charge in [-0.3, -0.25) is 4.79 Å². The highest BCUT2D eigenvalue weighted by Crippen LogP contribution is 2.16. The van der Waals surface area contributed by atoms with Gasteiger partial charge in [-0.15, -0.1) is 0 Å². The Hall–Kier alpha value is -2.59. The number of carbonyl (C=O) groups excluding carboxylic acids is 1. The molecule has 0 aliphatic carbocycles. The molecule has 2 aromatic rings. The fraction of sp³-hybridized carbons (Fsp3) is 0.111. The Balaban J connectivity index is 1.78. The van der Waals surface area contributed by atoms with E-state index in [1.54, 1.807) is 37.3 Å². The summed E-state index contributed by atoms with van der Waals surface area (Å²) < 4.78 is 5.49. The van der Waals surface area contributed by atoms with Crippen LogP contribution in [-0.2, 0) is 4.79 Å². The summed E-state index contributed by atoms with van der Waals surface area (Å²) in [6.07, 6.45) is 4.50. The van der Waals surface area contributed by atoms with Gasteiger partial charge in [-0.1, -0.05) is 48.0 Å². The SMILES string of the molecule is CC(Oc1ccc(Cl)cc1)C(=O)NN=C/C=C/c1ccccc1. The molecule has 2 aromatic carbocycles. The lowest BCUT2D eigenvalue weighted by molar-refractivity contribution is -0.127. The van der Waals surface area contributed by atoms with Crippen molar-refractivity contribution >= 4 is 29.8 Å². The largest absolute Gasteiger partial charge is 0.481 e. The van der Waals surface area contributed by atoms with Crippen LogP contribution in [0.4, 0.5) is 0 Å². The van der Waals surface area contributed by atoms with Gasteiger partial charge in [0.25, 0.3) is 5.91 Å². The van der Waals surface area contributed by atoms with Crippen LogP contribution in [0.2, 0.25) is 5.02 Å². The lowest BCUT2D eigenvalue weighted by Crippen LogP contribution is -2.33. The lowest BCUT2D eigenvalue weighted by atomic mass is 10.2. The van der Waals surface area contributed by atoms with Gasteiger partial charge in [-0.25, -0.2) is 5.43 Å². The van der Waals surface area contributed by atoms with Crippen molar-refractivity contribution < 1.29 is 9.53 Å². The van der Waals surface area contributed by atoms with Crippen molar-refractivity contribution in [2.24, 2.45) is 5.10 Å². The van der Waals surface area contributed by atoms with Gasteiger partial charge in [0.1, 0.15) is 5.75 Å². The predicted molar refractivity (Wildman–Crippen MR) is 93.7 cm³/mol. The topological polar surface area (TPSA) is 50.7 Å². The average molecular weight is 329 g/mol. The third-order valence-corrected chi connectivity index (χ3v) is 3.17. The Labute approximate surface area is 140 Å². The molecule has 1 unspecified atom stereocenters. The molecule has 1 N–H and O–H groups in total. The number of nitrogens with one attached hydrogen (secondary N) is 1. The Morgan fingerprint density at radius 3 is 2.57 bits per heavy atom. The van der Waals surface area contributed by atoms with Gasteiger partial charge < -0.3 is 4.74 Å². The van der Waals surface area contributed by atoms with E-state index in [9.17, 15) is 4.79 Å². The molecule has 0 saturated carbocycles. The number of nitrogens with zero attached hydrogens (tertiary/aromatic N) is 1. The highest BCUT2D eigenvalue weighted by Gasteiger charge is 2.13. The van der Waals surface area contributed by atoms with Gasteiger partial charge in [0.15, 0.2) is 6.10 Å². The smallest absolute Gasteiger partial charge is 0.280 e. The number of carbonyl (C=O) groups is 1. The number of amides is 1. The second-order valence-electron chi connectivity index (χ2n) is 4.74. The highest BCUT2D eigenvalue weighted by molar-refractivity contribution is 6.30. The normalized spacial score (nSPS) is 12.4. The third-order valence-electron chi connectivity index (χ3n) is 2.92. The maximum Gasteiger partial charge on any atom is 0.280 e. The first-order valence-corrected chi connectivity index (χ1v) is 7.50. The number of hydrazone groups is 1. The van der Waals surface area contributed by atoms with Crippen LogP contribution in [0.25, 0.3) is 6.08 Å². The molecule has 1 amide bonds. The summed E-state index contributed by atoms with van der Waals surface area (Å²) in [5.74, 6) is 0.245. The standard InChI is InChI=1S/C18H17ClN2O2/c1-14(23-17-11-9-16(19)10-12-17)18(22)21-20-13-5-8-15-6-3-2-4-7-15/h2-14H,1H3,(H,21,22)/b8-5+,20-13?. The summed E-state index contributed by atoms with van der Waals surface area (Å²) in [7, 11) is 0. The summed E-state index contributed by atoms with van der Waals surface area (Å²) in [5.41, 5.74) is 3.49. The van der Waals surface area contributed by atoms with Gasteiger partial charge in [0.2, 0.25) is 0 Å². The first-order valence-electron chi connectivity index (χ1n) is 7.12. The molecule has 23 heavy (non-hydrogen) atoms. The molecule has 0 aliphatic rings. The van der Waals surface area contributed by atoms with Crippen LogP contribution < -0.4 is 10.2 Å². The van der Waals surface area contributed by atoms with Crippen LogP contribution >= 0.6 is 11.6 Å². The fourth-order valence-electron chi connectivity index (χ4n) is 1.72. The van der Waals surface area contributed by atoms with Crippen LogP contribution in [-0.4, -0.2) is 18.2 Å². The number of ether oxygens (including phenoxy) is 1. The molecule has 0 radical (unpaired) electrons. The number of hydrogen-bond donors (Lipinski definition) is 1. The van der Waals surface area contributed by atoms with E-state index in [1.165, 1.54) is 6.21 Å². The summed E-state index contributed by atoms with van der Waals surface area (Å²) in [6, 6.07) is 16.6. The van der Waals surface area contributed by atoms with E-state index in [-0.39, 0.29) is 5.91 Å². The summed E-state index contributed by atoms with van der Waals surface area (Å²) >= 11 is 5.79. The predicted octanol–water partition coefficient (Wildman–Crippen LogP) is 3.92. The van der Waals surface area contributed by atoms with Crippen molar-refractivity contribution in [1.29, 1.82) is 0 Å². The molecule has 0 heterocycles. The molecular formula is C18H17ClN2O2. The molecule has 0 bridgehead atoms. The van der Waals surface area contributed by atoms with E-state index in [0.29, 0.717) is 10.8 Å². The van der Waals surface area contributed by atoms with Crippen LogP contribution in [0, 0.1) is 0 Å². The van der Waals surface area contributed by atoms with Crippen molar-refractivity contribution in [1.82, 2.24) is 5.43 Å². The van der Waals surface area contributed by atoms with Gasteiger partial charge in [-0.2, -0.15) is 5.10 Å². The van der Waals surface area contributed by atoms with E-state index in [4.69, 9.17) is 16.3 Å². The summed E-state index contributed by atoms with van der Waals surface area (Å²) in [5, 5.41) is 4.47. The van der Waals surface area contributed by atoms with Gasteiger partial charge in [0.05, 0.1) is 0 Å². The molecule has 5 heteroatoms. The molecule has 0 spiro atoms. The van der Waals surface area contributed by atoms with Crippen LogP contribution in [0.5, 0.6) is 5.75 Å². The average Bonchev–Trinajstić information content (AvgIpc) is 2.57. The van der Waals surface area contributed by atoms with Crippen LogP contribution in [0.3, 0.4) is 0 Å². The third kappa shape index (κ3) is 5.96. The number of halogens is 1. The number of benzene rings is 2. The van der Waals surface area contributed by atoms with Crippen molar-refractivity contribution in [3.63, 3.8) is 0 Å². The minimum atomic E-state index is -0.661. The van der Waals surface area contributed by atoms with Crippen LogP contribution in [0.15, 0.2) is 65.8 Å². The van der Waals surface area contributed by atoms with E-state index >= 15 is 0 Å². The second kappa shape index (κ2) is 8.76. The molecule has 2 rings (SSSR count). The van der Waals surface area contributed by atoms with Gasteiger partial charge in [0, 0.05) is 11.2 Å². The summed E-state index contributed by atoms with van der Waals surface area (Å²) in [4.78, 5) is 11.8. The zero-order valence-electron chi connectivity index (χ0n) is 12.6. The molecule has 4 nitrogen and oxygen atoms in total. The Bertz CT molecular complexity index is 682. The Kier molecular flexibility index (Phi) is 6.39. The molecule has 1 atom stereocenters. The maximum absolute atomic E-state index is 11.8. The van der Waals surface area contributed by atoms with Crippen molar-refractivity contribution in [3.05, 3.63) is 71.3 Å². The van der Waals surface area contributed by atoms with E-state index in [2.05, 4.69) is 10.5 Å². The minimum absolute atomic E-state index is 0.329. The Morgan fingerprint density at radius 2 is 1.87 bits per heavy atom. The highest BCUT2D eigenvalue weighted by atomic mass is 35.5. The molecule has 0 aliphatic heterocycles. The quantitative estimate of drug-likeness (QED) is 0.645. The monoisotopic (exact) mass is 328 g/mol. The first kappa shape index (κ1) is 16.8. The molecular weight excluding hydrogens is 312 g/mol. The Morgan fingerprint density at radius 1 is 1.17 bits per heavy atom. The maximum atomic E-state index is 11.8. The molecule has 0 fully saturated rings. The number of hydrogen-bond acceptors (Lipinski definition) is 3. The van der Waals surface area contributed by atoms with Crippen molar-refractivity contribution in [2.75, 3.05) is 0 Å². The molecule has 0 aromatic heterocycles. The summed E-state index contributed by atoms with van der Waals surface area (Å²) in [6.45, 7) is 1.65. The second-order valence-corrected chi connectivity index (χ2v) is 5.17. The lowest BCUT2D eigenvalue weighted by Gasteiger charge is -2.12. The van der Waals surface area contributed by atoms with E-state index in [0.717, 1.165) is 5.56 Å². The van der Waals surface area contributed by atoms with Gasteiger partial charge >= 0.3 is 0 Å². The van der Waals surface area contributed by atoms with Crippen molar-refractivity contribution in [3.8, 4) is 5.75 Å². The van der Waals surface area contributed by atoms with E-state index < -0.39 is 6.10 Å². The van der Waals surface area contributed by atoms with E-state index in [1.807, 2.05) is 36.4 Å². The first-order chi connectivity index (χ1) is 11.1. The van der Waals surface area contributed by atoms with Gasteiger partial charge in [-0.05, 0) is 42.8 Å². The fourth-order valence-corrected chi connectivity index (χ4v) is 1.85. The number of allylic oxidation sites excluding steroid dienone is 1.